The predicted molar refractivity (Wildman–Crippen MR) is 125 cm³/mol. The normalized spacial score (nSPS) is 12.0. The molecule has 0 fully saturated rings. The van der Waals surface area contributed by atoms with E-state index in [1.54, 1.807) is 0 Å². The number of aromatic nitrogens is 1. The highest BCUT2D eigenvalue weighted by Crippen LogP contribution is 2.33. The van der Waals surface area contributed by atoms with E-state index in [1.165, 1.54) is 27.3 Å². The molecule has 0 aliphatic heterocycles. The summed E-state index contributed by atoms with van der Waals surface area (Å²) in [6, 6.07) is 26.0. The Kier molecular flexibility index (Phi) is 5.64. The van der Waals surface area contributed by atoms with E-state index in [0.29, 0.717) is 0 Å². The molecule has 0 radical (unpaired) electrons. The molecule has 148 valence electrons. The summed E-state index contributed by atoms with van der Waals surface area (Å²) in [7, 11) is 2.09. The Morgan fingerprint density at radius 2 is 1.48 bits per heavy atom. The summed E-state index contributed by atoms with van der Waals surface area (Å²) in [6.45, 7) is 4.56. The molecule has 1 N–H and O–H groups in total. The number of aryl methyl sites for hydroxylation is 1. The van der Waals surface area contributed by atoms with E-state index >= 15 is 0 Å². The van der Waals surface area contributed by atoms with Gasteiger partial charge in [-0.1, -0.05) is 80.6 Å². The van der Waals surface area contributed by atoms with Crippen LogP contribution in [0.4, 0.5) is 0 Å². The molecular formula is C27H30N2. The summed E-state index contributed by atoms with van der Waals surface area (Å²) in [5.74, 6) is 0. The number of fused-ring (bicyclic) bond motifs is 3. The number of hydrogen-bond donors (Lipinski definition) is 1. The monoisotopic (exact) mass is 382 g/mol. The van der Waals surface area contributed by atoms with E-state index in [9.17, 15) is 0 Å². The molecular weight excluding hydrogens is 352 g/mol. The number of benzene rings is 3. The molecule has 0 spiro atoms. The van der Waals surface area contributed by atoms with Gasteiger partial charge in [-0.25, -0.2) is 4.98 Å². The average molecular weight is 383 g/mol. The van der Waals surface area contributed by atoms with Crippen molar-refractivity contribution in [3.05, 3.63) is 78.4 Å². The van der Waals surface area contributed by atoms with Gasteiger partial charge in [0.15, 0.2) is 0 Å². The van der Waals surface area contributed by atoms with Crippen LogP contribution in [0.25, 0.3) is 32.9 Å². The first-order valence-electron chi connectivity index (χ1n) is 10.8. The van der Waals surface area contributed by atoms with Crippen molar-refractivity contribution < 1.29 is 0 Å². The van der Waals surface area contributed by atoms with Crippen LogP contribution in [0.15, 0.2) is 72.8 Å². The molecule has 3 aromatic carbocycles. The fraction of sp³-hybridized carbons (Fsp3) is 0.296. The summed E-state index contributed by atoms with van der Waals surface area (Å²) in [5.41, 5.74) is 4.91. The molecule has 0 aliphatic carbocycles. The number of pyridine rings is 1. The second-order valence-electron chi connectivity index (χ2n) is 7.96. The van der Waals surface area contributed by atoms with Gasteiger partial charge in [0, 0.05) is 21.9 Å². The Hall–Kier alpha value is -2.71. The van der Waals surface area contributed by atoms with Crippen LogP contribution in [-0.4, -0.2) is 17.6 Å². The van der Waals surface area contributed by atoms with E-state index in [0.717, 1.165) is 36.9 Å². The number of rotatable bonds is 7. The minimum Gasteiger partial charge on any atom is -0.314 e. The van der Waals surface area contributed by atoms with Crippen molar-refractivity contribution in [1.29, 1.82) is 0 Å². The Labute approximate surface area is 174 Å². The minimum atomic E-state index is 0.223. The summed E-state index contributed by atoms with van der Waals surface area (Å²) in [4.78, 5) is 5.12. The zero-order valence-corrected chi connectivity index (χ0v) is 17.7. The molecule has 4 aromatic rings. The van der Waals surface area contributed by atoms with Crippen LogP contribution in [0, 0.1) is 0 Å². The van der Waals surface area contributed by atoms with Crippen molar-refractivity contribution >= 4 is 21.7 Å². The summed E-state index contributed by atoms with van der Waals surface area (Å²) < 4.78 is 0. The lowest BCUT2D eigenvalue weighted by molar-refractivity contribution is 0.302. The van der Waals surface area contributed by atoms with Gasteiger partial charge in [0.1, 0.15) is 0 Å². The minimum absolute atomic E-state index is 0.223. The first-order chi connectivity index (χ1) is 14.2. The molecule has 0 atom stereocenters. The van der Waals surface area contributed by atoms with Crippen molar-refractivity contribution in [2.45, 2.75) is 45.1 Å². The van der Waals surface area contributed by atoms with E-state index < -0.39 is 0 Å². The predicted octanol–water partition coefficient (Wildman–Crippen LogP) is 6.77. The molecule has 0 unspecified atom stereocenters. The maximum Gasteiger partial charge on any atom is 0.0788 e. The SMILES string of the molecule is CCC(CC)(CCc1ccc2c(c1)nc(-c1ccccc1)c1ccccc12)NC. The van der Waals surface area contributed by atoms with Crippen LogP contribution in [0.2, 0.25) is 0 Å². The molecule has 2 heteroatoms. The lowest BCUT2D eigenvalue weighted by Crippen LogP contribution is -2.42. The van der Waals surface area contributed by atoms with E-state index in [-0.39, 0.29) is 5.54 Å². The van der Waals surface area contributed by atoms with E-state index in [1.807, 2.05) is 0 Å². The van der Waals surface area contributed by atoms with Gasteiger partial charge in [0.25, 0.3) is 0 Å². The Morgan fingerprint density at radius 1 is 0.793 bits per heavy atom. The van der Waals surface area contributed by atoms with Crippen molar-refractivity contribution in [3.63, 3.8) is 0 Å². The molecule has 0 saturated carbocycles. The fourth-order valence-corrected chi connectivity index (χ4v) is 4.44. The van der Waals surface area contributed by atoms with Crippen molar-refractivity contribution in [1.82, 2.24) is 10.3 Å². The molecule has 1 heterocycles. The smallest absolute Gasteiger partial charge is 0.0788 e. The topological polar surface area (TPSA) is 24.9 Å². The van der Waals surface area contributed by atoms with Gasteiger partial charge in [0.2, 0.25) is 0 Å². The standard InChI is InChI=1S/C27H30N2/c1-4-27(5-2,28-3)18-17-20-15-16-23-22-13-9-10-14-24(22)26(29-25(23)19-20)21-11-7-6-8-12-21/h6-16,19,28H,4-5,17-18H2,1-3H3. The third-order valence-corrected chi connectivity index (χ3v) is 6.59. The Balaban J connectivity index is 1.80. The van der Waals surface area contributed by atoms with Gasteiger partial charge < -0.3 is 5.32 Å². The van der Waals surface area contributed by atoms with E-state index in [2.05, 4.69) is 99.0 Å². The Bertz CT molecular complexity index is 1100. The maximum atomic E-state index is 5.12. The average Bonchev–Trinajstić information content (AvgIpc) is 2.80. The third-order valence-electron chi connectivity index (χ3n) is 6.59. The van der Waals surface area contributed by atoms with Crippen molar-refractivity contribution in [2.75, 3.05) is 7.05 Å². The maximum absolute atomic E-state index is 5.12. The second kappa shape index (κ2) is 8.34. The van der Waals surface area contributed by atoms with Crippen LogP contribution in [0.1, 0.15) is 38.7 Å². The lowest BCUT2D eigenvalue weighted by Gasteiger charge is -2.31. The highest BCUT2D eigenvalue weighted by molar-refractivity contribution is 6.10. The number of nitrogens with one attached hydrogen (secondary N) is 1. The third kappa shape index (κ3) is 3.77. The Morgan fingerprint density at radius 3 is 2.17 bits per heavy atom. The van der Waals surface area contributed by atoms with Gasteiger partial charge in [-0.2, -0.15) is 0 Å². The van der Waals surface area contributed by atoms with Crippen LogP contribution in [-0.2, 0) is 6.42 Å². The second-order valence-corrected chi connectivity index (χ2v) is 7.96. The number of nitrogens with zero attached hydrogens (tertiary/aromatic N) is 1. The van der Waals surface area contributed by atoms with Crippen LogP contribution in [0.3, 0.4) is 0 Å². The first kappa shape index (κ1) is 19.6. The zero-order valence-electron chi connectivity index (χ0n) is 17.7. The number of hydrogen-bond acceptors (Lipinski definition) is 2. The first-order valence-corrected chi connectivity index (χ1v) is 10.8. The highest BCUT2D eigenvalue weighted by atomic mass is 14.9. The molecule has 2 nitrogen and oxygen atoms in total. The summed E-state index contributed by atoms with van der Waals surface area (Å²) in [5, 5.41) is 7.28. The van der Waals surface area contributed by atoms with Crippen LogP contribution in [0.5, 0.6) is 0 Å². The molecule has 0 saturated heterocycles. The highest BCUT2D eigenvalue weighted by Gasteiger charge is 2.23. The molecule has 0 aliphatic rings. The van der Waals surface area contributed by atoms with Gasteiger partial charge in [-0.3, -0.25) is 0 Å². The van der Waals surface area contributed by atoms with Crippen molar-refractivity contribution in [3.8, 4) is 11.3 Å². The summed E-state index contributed by atoms with van der Waals surface area (Å²) >= 11 is 0. The molecule has 0 bridgehead atoms. The van der Waals surface area contributed by atoms with Gasteiger partial charge in [-0.05, 0) is 49.7 Å². The van der Waals surface area contributed by atoms with Gasteiger partial charge >= 0.3 is 0 Å². The molecule has 4 rings (SSSR count). The quantitative estimate of drug-likeness (QED) is 0.357. The summed E-state index contributed by atoms with van der Waals surface area (Å²) in [6.07, 6.45) is 4.50. The largest absolute Gasteiger partial charge is 0.314 e. The molecule has 0 amide bonds. The van der Waals surface area contributed by atoms with Crippen LogP contribution < -0.4 is 5.32 Å². The van der Waals surface area contributed by atoms with Crippen molar-refractivity contribution in [2.24, 2.45) is 0 Å². The zero-order chi connectivity index (χ0) is 20.3. The fourth-order valence-electron chi connectivity index (χ4n) is 4.44. The van der Waals surface area contributed by atoms with Crippen LogP contribution >= 0.6 is 0 Å². The lowest BCUT2D eigenvalue weighted by atomic mass is 9.86. The van der Waals surface area contributed by atoms with Gasteiger partial charge in [0.05, 0.1) is 11.2 Å². The van der Waals surface area contributed by atoms with E-state index in [4.69, 9.17) is 4.98 Å². The molecule has 29 heavy (non-hydrogen) atoms. The van der Waals surface area contributed by atoms with Gasteiger partial charge in [-0.15, -0.1) is 0 Å². The molecule has 1 aromatic heterocycles.